The molecule has 22 heavy (non-hydrogen) atoms. The van der Waals surface area contributed by atoms with Gasteiger partial charge >= 0.3 is 0 Å². The zero-order chi connectivity index (χ0) is 16.1. The minimum absolute atomic E-state index is 0.155. The molecule has 1 aromatic carbocycles. The fraction of sp³-hybridized carbons (Fsp3) is 0.467. The highest BCUT2D eigenvalue weighted by Crippen LogP contribution is 2.21. The summed E-state index contributed by atoms with van der Waals surface area (Å²) in [4.78, 5) is 27.3. The molecule has 1 atom stereocenters. The van der Waals surface area contributed by atoms with Crippen molar-refractivity contribution in [3.05, 3.63) is 29.3 Å². The number of hydrogen-bond acceptors (Lipinski definition) is 5. The molecule has 7 heteroatoms. The van der Waals surface area contributed by atoms with Gasteiger partial charge in [0.2, 0.25) is 5.91 Å². The number of rotatable bonds is 5. The number of carbonyl (C=O) groups is 2. The van der Waals surface area contributed by atoms with Crippen LogP contribution in [-0.4, -0.2) is 60.9 Å². The molecule has 0 bridgehead atoms. The number of para-hydroxylation sites is 1. The lowest BCUT2D eigenvalue weighted by molar-refractivity contribution is -0.312. The highest BCUT2D eigenvalue weighted by Gasteiger charge is 2.25. The van der Waals surface area contributed by atoms with Gasteiger partial charge in [0.15, 0.2) is 0 Å². The monoisotopic (exact) mass is 324 g/mol. The van der Waals surface area contributed by atoms with Gasteiger partial charge < -0.3 is 20.1 Å². The van der Waals surface area contributed by atoms with Gasteiger partial charge in [0.25, 0.3) is 0 Å². The molecule has 1 saturated heterocycles. The smallest absolute Gasteiger partial charge is 0.226 e. The topological polar surface area (TPSA) is 75.7 Å². The molecule has 0 saturated carbocycles. The number of aliphatic carboxylic acids is 1. The predicted molar refractivity (Wildman–Crippen MR) is 82.6 cm³/mol. The third kappa shape index (κ3) is 4.43. The van der Waals surface area contributed by atoms with Crippen molar-refractivity contribution in [3.63, 3.8) is 0 Å². The molecule has 1 aliphatic rings. The van der Waals surface area contributed by atoms with Crippen molar-refractivity contribution in [1.82, 2.24) is 9.80 Å². The summed E-state index contributed by atoms with van der Waals surface area (Å²) in [7, 11) is 1.98. The van der Waals surface area contributed by atoms with E-state index in [0.29, 0.717) is 23.8 Å². The normalized spacial score (nSPS) is 17.9. The lowest BCUT2D eigenvalue weighted by Crippen LogP contribution is -2.55. The van der Waals surface area contributed by atoms with Gasteiger partial charge in [-0.05, 0) is 19.2 Å². The van der Waals surface area contributed by atoms with Crippen LogP contribution in [0.2, 0.25) is 5.02 Å². The van der Waals surface area contributed by atoms with E-state index in [0.717, 1.165) is 13.1 Å². The molecule has 0 spiro atoms. The zero-order valence-corrected chi connectivity index (χ0v) is 13.2. The molecule has 1 amide bonds. The molecular weight excluding hydrogens is 306 g/mol. The Kier molecular flexibility index (Phi) is 5.76. The number of benzene rings is 1. The number of nitrogens with zero attached hydrogens (tertiary/aromatic N) is 2. The SMILES string of the molecule is CN1CCN(C(CC(=O)Nc2ccccc2Cl)C(=O)[O-])CC1. The molecule has 120 valence electrons. The molecule has 2 rings (SSSR count). The zero-order valence-electron chi connectivity index (χ0n) is 12.4. The first-order chi connectivity index (χ1) is 10.5. The van der Waals surface area contributed by atoms with E-state index < -0.39 is 12.0 Å². The third-order valence-corrected chi connectivity index (χ3v) is 4.11. The van der Waals surface area contributed by atoms with Gasteiger partial charge in [0.1, 0.15) is 0 Å². The summed E-state index contributed by atoms with van der Waals surface area (Å²) in [6.07, 6.45) is -0.155. The summed E-state index contributed by atoms with van der Waals surface area (Å²) >= 11 is 5.97. The number of carboxylic acid groups (broad SMARTS) is 1. The fourth-order valence-electron chi connectivity index (χ4n) is 2.43. The highest BCUT2D eigenvalue weighted by atomic mass is 35.5. The minimum Gasteiger partial charge on any atom is -0.548 e. The van der Waals surface area contributed by atoms with E-state index in [-0.39, 0.29) is 12.3 Å². The minimum atomic E-state index is -1.22. The van der Waals surface area contributed by atoms with Crippen LogP contribution in [0.3, 0.4) is 0 Å². The number of hydrogen-bond donors (Lipinski definition) is 1. The van der Waals surface area contributed by atoms with Crippen LogP contribution in [0.25, 0.3) is 0 Å². The van der Waals surface area contributed by atoms with E-state index in [1.165, 1.54) is 0 Å². The van der Waals surface area contributed by atoms with Crippen molar-refractivity contribution in [3.8, 4) is 0 Å². The molecule has 0 aliphatic carbocycles. The molecule has 6 nitrogen and oxygen atoms in total. The molecule has 1 N–H and O–H groups in total. The quantitative estimate of drug-likeness (QED) is 0.827. The Morgan fingerprint density at radius 1 is 1.27 bits per heavy atom. The van der Waals surface area contributed by atoms with E-state index in [1.807, 2.05) is 7.05 Å². The van der Waals surface area contributed by atoms with E-state index >= 15 is 0 Å². The Labute approximate surface area is 134 Å². The number of likely N-dealkylation sites (N-methyl/N-ethyl adjacent to an activating group) is 1. The molecule has 1 heterocycles. The standard InChI is InChI=1S/C15H20ClN3O3/c1-18-6-8-19(9-7-18)13(15(21)22)10-14(20)17-12-5-3-2-4-11(12)16/h2-5,13H,6-10H2,1H3,(H,17,20)(H,21,22)/p-1. The van der Waals surface area contributed by atoms with Crippen LogP contribution < -0.4 is 10.4 Å². The van der Waals surface area contributed by atoms with E-state index in [4.69, 9.17) is 11.6 Å². The second-order valence-corrected chi connectivity index (χ2v) is 5.81. The van der Waals surface area contributed by atoms with Gasteiger partial charge in [0, 0.05) is 32.6 Å². The number of piperazine rings is 1. The van der Waals surface area contributed by atoms with Crippen LogP contribution in [-0.2, 0) is 9.59 Å². The Balaban J connectivity index is 1.97. The summed E-state index contributed by atoms with van der Waals surface area (Å²) in [6.45, 7) is 2.76. The Morgan fingerprint density at radius 3 is 2.50 bits per heavy atom. The van der Waals surface area contributed by atoms with Gasteiger partial charge in [0.05, 0.1) is 22.7 Å². The van der Waals surface area contributed by atoms with Gasteiger partial charge in [-0.25, -0.2) is 0 Å². The molecule has 0 aromatic heterocycles. The predicted octanol–water partition coefficient (Wildman–Crippen LogP) is 0.0345. The van der Waals surface area contributed by atoms with E-state index in [9.17, 15) is 14.7 Å². The second-order valence-electron chi connectivity index (χ2n) is 5.41. The molecule has 0 radical (unpaired) electrons. The maximum absolute atomic E-state index is 12.1. The van der Waals surface area contributed by atoms with Gasteiger partial charge in [-0.15, -0.1) is 0 Å². The van der Waals surface area contributed by atoms with Gasteiger partial charge in [-0.1, -0.05) is 23.7 Å². The van der Waals surface area contributed by atoms with E-state index in [1.54, 1.807) is 29.2 Å². The Hall–Kier alpha value is -1.63. The average molecular weight is 325 g/mol. The number of amides is 1. The Morgan fingerprint density at radius 2 is 1.91 bits per heavy atom. The van der Waals surface area contributed by atoms with Crippen LogP contribution in [0.1, 0.15) is 6.42 Å². The molecule has 1 aliphatic heterocycles. The first kappa shape index (κ1) is 16.7. The molecular formula is C15H19ClN3O3-. The number of nitrogens with one attached hydrogen (secondary N) is 1. The van der Waals surface area contributed by atoms with E-state index in [2.05, 4.69) is 10.2 Å². The van der Waals surface area contributed by atoms with Crippen molar-refractivity contribution in [2.75, 3.05) is 38.5 Å². The van der Waals surface area contributed by atoms with Crippen LogP contribution in [0.5, 0.6) is 0 Å². The highest BCUT2D eigenvalue weighted by molar-refractivity contribution is 6.33. The fourth-order valence-corrected chi connectivity index (χ4v) is 2.62. The van der Waals surface area contributed by atoms with Crippen molar-refractivity contribution in [2.24, 2.45) is 0 Å². The summed E-state index contributed by atoms with van der Waals surface area (Å²) < 4.78 is 0. The average Bonchev–Trinajstić information content (AvgIpc) is 2.48. The molecule has 1 aromatic rings. The van der Waals surface area contributed by atoms with Gasteiger partial charge in [-0.3, -0.25) is 9.69 Å². The number of halogens is 1. The van der Waals surface area contributed by atoms with Crippen molar-refractivity contribution in [2.45, 2.75) is 12.5 Å². The second kappa shape index (κ2) is 7.58. The summed E-state index contributed by atoms with van der Waals surface area (Å²) in [5.41, 5.74) is 0.477. The summed E-state index contributed by atoms with van der Waals surface area (Å²) in [5.74, 6) is -1.61. The maximum atomic E-state index is 12.1. The first-order valence-corrected chi connectivity index (χ1v) is 7.53. The maximum Gasteiger partial charge on any atom is 0.226 e. The van der Waals surface area contributed by atoms with Crippen LogP contribution in [0.15, 0.2) is 24.3 Å². The van der Waals surface area contributed by atoms with Crippen molar-refractivity contribution < 1.29 is 14.7 Å². The van der Waals surface area contributed by atoms with Crippen LogP contribution >= 0.6 is 11.6 Å². The summed E-state index contributed by atoms with van der Waals surface area (Å²) in [6, 6.07) is 5.92. The number of carbonyl (C=O) groups excluding carboxylic acids is 2. The lowest BCUT2D eigenvalue weighted by atomic mass is 10.1. The molecule has 1 unspecified atom stereocenters. The third-order valence-electron chi connectivity index (χ3n) is 3.78. The van der Waals surface area contributed by atoms with Gasteiger partial charge in [-0.2, -0.15) is 0 Å². The largest absolute Gasteiger partial charge is 0.548 e. The van der Waals surface area contributed by atoms with Crippen LogP contribution in [0.4, 0.5) is 5.69 Å². The van der Waals surface area contributed by atoms with Crippen molar-refractivity contribution >= 4 is 29.2 Å². The number of carboxylic acids is 1. The Bertz CT molecular complexity index is 545. The first-order valence-electron chi connectivity index (χ1n) is 7.15. The van der Waals surface area contributed by atoms with Crippen LogP contribution in [0, 0.1) is 0 Å². The summed E-state index contributed by atoms with van der Waals surface area (Å²) in [5, 5.41) is 14.4. The van der Waals surface area contributed by atoms with Crippen molar-refractivity contribution in [1.29, 1.82) is 0 Å². The lowest BCUT2D eigenvalue weighted by Gasteiger charge is -2.38. The molecule has 1 fully saturated rings. The number of anilines is 1.